The van der Waals surface area contributed by atoms with Crippen molar-refractivity contribution in [2.24, 2.45) is 0 Å². The first-order valence-corrected chi connectivity index (χ1v) is 13.5. The Morgan fingerprint density at radius 3 is 2.71 bits per heavy atom. The molecule has 0 fully saturated rings. The van der Waals surface area contributed by atoms with Crippen LogP contribution in [0.25, 0.3) is 22.3 Å². The molecule has 0 aliphatic rings. The Balaban J connectivity index is 1.25. The second-order valence-corrected chi connectivity index (χ2v) is 9.80. The van der Waals surface area contributed by atoms with Gasteiger partial charge in [0.15, 0.2) is 11.5 Å². The lowest BCUT2D eigenvalue weighted by atomic mass is 9.87. The summed E-state index contributed by atoms with van der Waals surface area (Å²) < 4.78 is 5.39. The van der Waals surface area contributed by atoms with Gasteiger partial charge < -0.3 is 10.6 Å². The van der Waals surface area contributed by atoms with Crippen LogP contribution in [0.2, 0.25) is 0 Å². The lowest BCUT2D eigenvalue weighted by Crippen LogP contribution is -2.25. The number of benzene rings is 1. The van der Waals surface area contributed by atoms with Crippen LogP contribution in [0.5, 0.6) is 0 Å². The second-order valence-electron chi connectivity index (χ2n) is 9.80. The molecule has 0 aliphatic carbocycles. The van der Waals surface area contributed by atoms with Crippen molar-refractivity contribution in [2.75, 3.05) is 11.9 Å². The van der Waals surface area contributed by atoms with Crippen molar-refractivity contribution in [3.05, 3.63) is 103 Å². The Bertz CT molecular complexity index is 1860. The average molecular weight is 547 g/mol. The maximum Gasteiger partial charge on any atom is 0.243 e. The second kappa shape index (κ2) is 11.0. The summed E-state index contributed by atoms with van der Waals surface area (Å²) in [6.07, 6.45) is 13.0. The fourth-order valence-electron chi connectivity index (χ4n) is 5.23. The summed E-state index contributed by atoms with van der Waals surface area (Å²) in [5.41, 5.74) is 8.20. The predicted molar refractivity (Wildman–Crippen MR) is 157 cm³/mol. The zero-order valence-electron chi connectivity index (χ0n) is 22.9. The van der Waals surface area contributed by atoms with Crippen molar-refractivity contribution in [3.63, 3.8) is 0 Å². The molecule has 11 nitrogen and oxygen atoms in total. The van der Waals surface area contributed by atoms with E-state index in [0.29, 0.717) is 18.9 Å². The van der Waals surface area contributed by atoms with Crippen LogP contribution in [0, 0.1) is 6.92 Å². The Hall–Kier alpha value is -5.32. The van der Waals surface area contributed by atoms with Crippen LogP contribution in [-0.4, -0.2) is 51.4 Å². The molecule has 5 heterocycles. The molecule has 0 saturated heterocycles. The molecule has 0 spiro atoms. The minimum absolute atomic E-state index is 0.203. The lowest BCUT2D eigenvalue weighted by Gasteiger charge is -2.19. The minimum Gasteiger partial charge on any atom is -0.351 e. The average Bonchev–Trinajstić information content (AvgIpc) is 3.74. The third-order valence-corrected chi connectivity index (χ3v) is 7.25. The van der Waals surface area contributed by atoms with Crippen LogP contribution < -0.4 is 10.6 Å². The lowest BCUT2D eigenvalue weighted by molar-refractivity contribution is -0.116. The standard InChI is InChI=1S/C30H30N10O/c1-4-24(21-8-11-39-27(15-21)32-18-35-39)25-7-6-23(14-20(25)3)37-30-29-26(9-12-40(29)36-19-33-30)22-16-34-38(17-22)13-10-31-28(41)5-2/h5-9,11-12,14-19,24H,2,4,10,13H2,1,3H3,(H,31,41)(H,33,36,37). The Kier molecular flexibility index (Phi) is 6.99. The largest absolute Gasteiger partial charge is 0.351 e. The summed E-state index contributed by atoms with van der Waals surface area (Å²) in [4.78, 5) is 20.4. The van der Waals surface area contributed by atoms with Crippen molar-refractivity contribution < 1.29 is 4.79 Å². The van der Waals surface area contributed by atoms with Gasteiger partial charge in [-0.25, -0.2) is 19.0 Å². The SMILES string of the molecule is C=CC(=O)NCCn1cc(-c2ccn3ncnc(Nc4ccc(C(CC)c5ccn6ncnc6c5)c(C)c4)c23)cn1. The van der Waals surface area contributed by atoms with Crippen LogP contribution in [0.1, 0.15) is 36.0 Å². The van der Waals surface area contributed by atoms with Crippen LogP contribution >= 0.6 is 0 Å². The van der Waals surface area contributed by atoms with Crippen LogP contribution in [0.4, 0.5) is 11.5 Å². The first-order chi connectivity index (χ1) is 20.0. The van der Waals surface area contributed by atoms with Gasteiger partial charge in [-0.3, -0.25) is 9.48 Å². The first-order valence-electron chi connectivity index (χ1n) is 13.5. The molecule has 1 atom stereocenters. The molecule has 0 aliphatic heterocycles. The summed E-state index contributed by atoms with van der Waals surface area (Å²) in [5.74, 6) is 0.739. The van der Waals surface area contributed by atoms with Gasteiger partial charge >= 0.3 is 0 Å². The normalized spacial score (nSPS) is 12.0. The minimum atomic E-state index is -0.203. The highest BCUT2D eigenvalue weighted by molar-refractivity contribution is 5.89. The molecule has 6 aromatic rings. The molecule has 6 rings (SSSR count). The van der Waals surface area contributed by atoms with Gasteiger partial charge in [0.05, 0.1) is 12.7 Å². The van der Waals surface area contributed by atoms with Gasteiger partial charge in [-0.2, -0.15) is 15.3 Å². The first kappa shape index (κ1) is 25.9. The number of amides is 1. The van der Waals surface area contributed by atoms with E-state index in [0.717, 1.165) is 34.4 Å². The molecule has 206 valence electrons. The van der Waals surface area contributed by atoms with E-state index in [2.05, 4.69) is 86.7 Å². The number of carbonyl (C=O) groups excluding carboxylic acids is 1. The molecular weight excluding hydrogens is 516 g/mol. The topological polar surface area (TPSA) is 119 Å². The molecule has 1 unspecified atom stereocenters. The zero-order valence-corrected chi connectivity index (χ0v) is 22.9. The molecule has 1 aromatic carbocycles. The van der Waals surface area contributed by atoms with E-state index in [-0.39, 0.29) is 11.8 Å². The summed E-state index contributed by atoms with van der Waals surface area (Å²) in [6.45, 7) is 8.82. The summed E-state index contributed by atoms with van der Waals surface area (Å²) in [6, 6.07) is 12.7. The van der Waals surface area contributed by atoms with Crippen molar-refractivity contribution in [1.29, 1.82) is 0 Å². The van der Waals surface area contributed by atoms with E-state index in [1.807, 2.05) is 30.9 Å². The van der Waals surface area contributed by atoms with Gasteiger partial charge in [0.25, 0.3) is 0 Å². The molecular formula is C30H30N10O. The Labute approximate surface area is 236 Å². The molecule has 2 N–H and O–H groups in total. The van der Waals surface area contributed by atoms with Crippen molar-refractivity contribution in [1.82, 2.24) is 44.3 Å². The molecule has 0 saturated carbocycles. The maximum absolute atomic E-state index is 11.4. The van der Waals surface area contributed by atoms with Gasteiger partial charge in [-0.15, -0.1) is 0 Å². The molecule has 1 amide bonds. The number of aryl methyl sites for hydroxylation is 1. The number of hydrogen-bond acceptors (Lipinski definition) is 7. The number of pyridine rings is 1. The third-order valence-electron chi connectivity index (χ3n) is 7.25. The number of carbonyl (C=O) groups is 1. The van der Waals surface area contributed by atoms with E-state index < -0.39 is 0 Å². The van der Waals surface area contributed by atoms with Crippen LogP contribution in [0.3, 0.4) is 0 Å². The number of nitrogens with one attached hydrogen (secondary N) is 2. The van der Waals surface area contributed by atoms with Gasteiger partial charge in [0.1, 0.15) is 18.2 Å². The highest BCUT2D eigenvalue weighted by Gasteiger charge is 2.17. The highest BCUT2D eigenvalue weighted by atomic mass is 16.1. The Morgan fingerprint density at radius 2 is 1.88 bits per heavy atom. The smallest absolute Gasteiger partial charge is 0.243 e. The van der Waals surface area contributed by atoms with Crippen molar-refractivity contribution in [3.8, 4) is 11.1 Å². The van der Waals surface area contributed by atoms with Crippen LogP contribution in [-0.2, 0) is 11.3 Å². The highest BCUT2D eigenvalue weighted by Crippen LogP contribution is 2.34. The molecule has 0 radical (unpaired) electrons. The number of aromatic nitrogens is 8. The van der Waals surface area contributed by atoms with Gasteiger partial charge in [-0.05, 0) is 66.4 Å². The monoisotopic (exact) mass is 546 g/mol. The van der Waals surface area contributed by atoms with Gasteiger partial charge in [0, 0.05) is 47.9 Å². The van der Waals surface area contributed by atoms with Crippen molar-refractivity contribution >= 4 is 28.6 Å². The van der Waals surface area contributed by atoms with E-state index in [4.69, 9.17) is 0 Å². The molecule has 41 heavy (non-hydrogen) atoms. The quantitative estimate of drug-likeness (QED) is 0.242. The van der Waals surface area contributed by atoms with E-state index in [1.165, 1.54) is 22.8 Å². The van der Waals surface area contributed by atoms with E-state index in [1.54, 1.807) is 26.4 Å². The summed E-state index contributed by atoms with van der Waals surface area (Å²) >= 11 is 0. The van der Waals surface area contributed by atoms with Gasteiger partial charge in [-0.1, -0.05) is 19.6 Å². The third kappa shape index (κ3) is 5.17. The molecule has 0 bridgehead atoms. The van der Waals surface area contributed by atoms with Gasteiger partial charge in [0.2, 0.25) is 5.91 Å². The molecule has 5 aromatic heterocycles. The Morgan fingerprint density at radius 1 is 1.05 bits per heavy atom. The molecule has 11 heteroatoms. The van der Waals surface area contributed by atoms with E-state index in [9.17, 15) is 4.79 Å². The summed E-state index contributed by atoms with van der Waals surface area (Å²) in [5, 5.41) is 19.4. The van der Waals surface area contributed by atoms with Crippen LogP contribution in [0.15, 0.2) is 86.5 Å². The summed E-state index contributed by atoms with van der Waals surface area (Å²) in [7, 11) is 0. The fourth-order valence-corrected chi connectivity index (χ4v) is 5.23. The number of rotatable bonds is 10. The predicted octanol–water partition coefficient (Wildman–Crippen LogP) is 4.53. The zero-order chi connectivity index (χ0) is 28.3. The number of fused-ring (bicyclic) bond motifs is 2. The fraction of sp³-hybridized carbons (Fsp3) is 0.200. The number of nitrogens with zero attached hydrogens (tertiary/aromatic N) is 8. The maximum atomic E-state index is 11.4. The van der Waals surface area contributed by atoms with E-state index >= 15 is 0 Å². The van der Waals surface area contributed by atoms with Crippen molar-refractivity contribution in [2.45, 2.75) is 32.7 Å². The number of hydrogen-bond donors (Lipinski definition) is 2. The number of anilines is 2.